The van der Waals surface area contributed by atoms with Crippen LogP contribution in [0.4, 0.5) is 0 Å². The molecular weight excluding hydrogens is 286 g/mol. The lowest BCUT2D eigenvalue weighted by atomic mass is 9.86. The molecule has 1 aromatic rings. The van der Waals surface area contributed by atoms with Crippen LogP contribution in [-0.2, 0) is 10.0 Å². The molecule has 1 aliphatic heterocycles. The van der Waals surface area contributed by atoms with Crippen molar-refractivity contribution in [1.82, 2.24) is 4.31 Å². The number of ether oxygens (including phenoxy) is 1. The monoisotopic (exact) mass is 307 g/mol. The maximum absolute atomic E-state index is 12.4. The van der Waals surface area contributed by atoms with Gasteiger partial charge in [-0.15, -0.1) is 0 Å². The normalized spacial score (nSPS) is 25.7. The topological polar surface area (TPSA) is 46.6 Å². The lowest BCUT2D eigenvalue weighted by Gasteiger charge is -2.18. The number of fused-ring (bicyclic) bond motifs is 1. The van der Waals surface area contributed by atoms with Crippen molar-refractivity contribution in [1.29, 1.82) is 0 Å². The number of rotatable bonds is 5. The summed E-state index contributed by atoms with van der Waals surface area (Å²) in [6, 6.07) is 9.33. The highest BCUT2D eigenvalue weighted by atomic mass is 32.2. The number of hydrogen-bond donors (Lipinski definition) is 0. The highest BCUT2D eigenvalue weighted by molar-refractivity contribution is 7.89. The second-order valence-electron chi connectivity index (χ2n) is 5.76. The van der Waals surface area contributed by atoms with E-state index >= 15 is 0 Å². The Bertz CT molecular complexity index is 581. The molecule has 0 bridgehead atoms. The van der Waals surface area contributed by atoms with Crippen LogP contribution >= 0.6 is 0 Å². The molecule has 0 N–H and O–H groups in total. The summed E-state index contributed by atoms with van der Waals surface area (Å²) in [5.41, 5.74) is 0. The molecule has 1 heterocycles. The van der Waals surface area contributed by atoms with Gasteiger partial charge in [-0.1, -0.05) is 30.4 Å². The zero-order valence-corrected chi connectivity index (χ0v) is 12.8. The summed E-state index contributed by atoms with van der Waals surface area (Å²) in [6.07, 6.45) is 6.38. The first-order valence-corrected chi connectivity index (χ1v) is 9.07. The first kappa shape index (κ1) is 14.6. The van der Waals surface area contributed by atoms with Crippen molar-refractivity contribution in [2.24, 2.45) is 11.8 Å². The third-order valence-corrected chi connectivity index (χ3v) is 6.10. The number of para-hydroxylation sites is 1. The lowest BCUT2D eigenvalue weighted by molar-refractivity contribution is 0.336. The predicted molar refractivity (Wildman–Crippen MR) is 82.7 cm³/mol. The molecule has 3 rings (SSSR count). The van der Waals surface area contributed by atoms with Crippen molar-refractivity contribution in [2.45, 2.75) is 12.8 Å². The molecule has 1 aliphatic carbocycles. The van der Waals surface area contributed by atoms with Crippen LogP contribution in [0.25, 0.3) is 0 Å². The molecule has 0 aromatic heterocycles. The second-order valence-corrected chi connectivity index (χ2v) is 7.85. The molecule has 0 amide bonds. The van der Waals surface area contributed by atoms with E-state index in [0.717, 1.165) is 12.8 Å². The SMILES string of the molecule is O=S(=O)(CCOc1ccccc1)N1C[C@H]2CC=CC[C@H]2C1. The average Bonchev–Trinajstić information content (AvgIpc) is 2.93. The van der Waals surface area contributed by atoms with Gasteiger partial charge in [0.05, 0.1) is 5.75 Å². The van der Waals surface area contributed by atoms with Gasteiger partial charge in [-0.25, -0.2) is 12.7 Å². The average molecular weight is 307 g/mol. The van der Waals surface area contributed by atoms with Gasteiger partial charge in [-0.05, 0) is 36.8 Å². The maximum atomic E-state index is 12.4. The zero-order chi connectivity index (χ0) is 14.7. The van der Waals surface area contributed by atoms with Crippen molar-refractivity contribution in [2.75, 3.05) is 25.4 Å². The highest BCUT2D eigenvalue weighted by Crippen LogP contribution is 2.34. The van der Waals surface area contributed by atoms with E-state index in [1.54, 1.807) is 4.31 Å². The smallest absolute Gasteiger partial charge is 0.217 e. The van der Waals surface area contributed by atoms with Gasteiger partial charge in [0.15, 0.2) is 0 Å². The van der Waals surface area contributed by atoms with Crippen LogP contribution in [0.1, 0.15) is 12.8 Å². The zero-order valence-electron chi connectivity index (χ0n) is 12.0. The third kappa shape index (κ3) is 3.47. The summed E-state index contributed by atoms with van der Waals surface area (Å²) >= 11 is 0. The largest absolute Gasteiger partial charge is 0.492 e. The minimum Gasteiger partial charge on any atom is -0.492 e. The molecule has 0 saturated carbocycles. The van der Waals surface area contributed by atoms with Gasteiger partial charge in [-0.2, -0.15) is 0 Å². The van der Waals surface area contributed by atoms with Crippen molar-refractivity contribution >= 4 is 10.0 Å². The molecule has 21 heavy (non-hydrogen) atoms. The van der Waals surface area contributed by atoms with Crippen molar-refractivity contribution in [3.63, 3.8) is 0 Å². The number of nitrogens with zero attached hydrogens (tertiary/aromatic N) is 1. The van der Waals surface area contributed by atoms with Crippen LogP contribution in [0.15, 0.2) is 42.5 Å². The molecule has 2 atom stereocenters. The minimum atomic E-state index is -3.21. The lowest BCUT2D eigenvalue weighted by Crippen LogP contribution is -2.33. The third-order valence-electron chi connectivity index (χ3n) is 4.33. The first-order valence-electron chi connectivity index (χ1n) is 7.46. The van der Waals surface area contributed by atoms with Gasteiger partial charge in [0.2, 0.25) is 10.0 Å². The fourth-order valence-electron chi connectivity index (χ4n) is 3.11. The Morgan fingerprint density at radius 3 is 2.29 bits per heavy atom. The van der Waals surface area contributed by atoms with E-state index in [9.17, 15) is 8.42 Å². The first-order chi connectivity index (χ1) is 10.1. The maximum Gasteiger partial charge on any atom is 0.217 e. The van der Waals surface area contributed by atoms with Crippen molar-refractivity contribution in [3.05, 3.63) is 42.5 Å². The van der Waals surface area contributed by atoms with Crippen LogP contribution in [0.5, 0.6) is 5.75 Å². The minimum absolute atomic E-state index is 0.0504. The molecule has 2 aliphatic rings. The summed E-state index contributed by atoms with van der Waals surface area (Å²) in [7, 11) is -3.21. The van der Waals surface area contributed by atoms with E-state index in [2.05, 4.69) is 12.2 Å². The summed E-state index contributed by atoms with van der Waals surface area (Å²) in [4.78, 5) is 0. The Kier molecular flexibility index (Phi) is 4.31. The summed E-state index contributed by atoms with van der Waals surface area (Å²) in [6.45, 7) is 1.54. The molecular formula is C16H21NO3S. The fourth-order valence-corrected chi connectivity index (χ4v) is 4.50. The van der Waals surface area contributed by atoms with E-state index in [1.807, 2.05) is 30.3 Å². The number of benzene rings is 1. The summed E-state index contributed by atoms with van der Waals surface area (Å²) in [5.74, 6) is 1.76. The van der Waals surface area contributed by atoms with E-state index in [4.69, 9.17) is 4.74 Å². The van der Waals surface area contributed by atoms with Gasteiger partial charge in [0.1, 0.15) is 12.4 Å². The molecule has 5 heteroatoms. The predicted octanol–water partition coefficient (Wildman–Crippen LogP) is 2.29. The van der Waals surface area contributed by atoms with E-state index in [1.165, 1.54) is 0 Å². The van der Waals surface area contributed by atoms with Crippen LogP contribution < -0.4 is 4.74 Å². The van der Waals surface area contributed by atoms with Gasteiger partial charge in [-0.3, -0.25) is 0 Å². The Morgan fingerprint density at radius 2 is 1.67 bits per heavy atom. The summed E-state index contributed by atoms with van der Waals surface area (Å²) in [5, 5.41) is 0. The van der Waals surface area contributed by atoms with Gasteiger partial charge in [0.25, 0.3) is 0 Å². The Morgan fingerprint density at radius 1 is 1.05 bits per heavy atom. The number of hydrogen-bond acceptors (Lipinski definition) is 3. The van der Waals surface area contributed by atoms with E-state index in [0.29, 0.717) is 30.7 Å². The number of allylic oxidation sites excluding steroid dienone is 2. The van der Waals surface area contributed by atoms with Crippen molar-refractivity contribution in [3.8, 4) is 5.75 Å². The molecule has 4 nitrogen and oxygen atoms in total. The highest BCUT2D eigenvalue weighted by Gasteiger charge is 2.38. The van der Waals surface area contributed by atoms with Crippen LogP contribution in [0, 0.1) is 11.8 Å². The van der Waals surface area contributed by atoms with Crippen molar-refractivity contribution < 1.29 is 13.2 Å². The Labute approximate surface area is 126 Å². The second kappa shape index (κ2) is 6.20. The van der Waals surface area contributed by atoms with Gasteiger partial charge in [0, 0.05) is 13.1 Å². The molecule has 1 aromatic carbocycles. The van der Waals surface area contributed by atoms with E-state index in [-0.39, 0.29) is 12.4 Å². The van der Waals surface area contributed by atoms with Crippen LogP contribution in [0.2, 0.25) is 0 Å². The van der Waals surface area contributed by atoms with Crippen LogP contribution in [-0.4, -0.2) is 38.2 Å². The quantitative estimate of drug-likeness (QED) is 0.784. The summed E-state index contributed by atoms with van der Waals surface area (Å²) < 4.78 is 31.9. The Balaban J connectivity index is 1.53. The standard InChI is InChI=1S/C16H21NO3S/c18-21(19,11-10-20-16-8-2-1-3-9-16)17-12-14-6-4-5-7-15(14)13-17/h1-5,8-9,14-15H,6-7,10-13H2/t14-,15+. The van der Waals surface area contributed by atoms with Crippen LogP contribution in [0.3, 0.4) is 0 Å². The Hall–Kier alpha value is -1.33. The molecule has 114 valence electrons. The molecule has 0 spiro atoms. The molecule has 0 unspecified atom stereocenters. The molecule has 0 radical (unpaired) electrons. The van der Waals surface area contributed by atoms with E-state index < -0.39 is 10.0 Å². The van der Waals surface area contributed by atoms with Gasteiger partial charge < -0.3 is 4.74 Å². The van der Waals surface area contributed by atoms with Gasteiger partial charge >= 0.3 is 0 Å². The molecule has 1 saturated heterocycles. The fraction of sp³-hybridized carbons (Fsp3) is 0.500. The molecule has 1 fully saturated rings. The number of sulfonamides is 1.